The molecule has 2 nitrogen and oxygen atoms in total. The predicted octanol–water partition coefficient (Wildman–Crippen LogP) is 2.68. The van der Waals surface area contributed by atoms with E-state index in [1.54, 1.807) is 24.9 Å². The van der Waals surface area contributed by atoms with E-state index in [2.05, 4.69) is 13.0 Å². The highest BCUT2D eigenvalue weighted by molar-refractivity contribution is 7.99. The van der Waals surface area contributed by atoms with Crippen LogP contribution in [0, 0.1) is 11.3 Å². The first-order valence-electron chi connectivity index (χ1n) is 4.02. The number of hydrogen-bond acceptors (Lipinski definition) is 3. The Morgan fingerprint density at radius 2 is 2.31 bits per heavy atom. The molecule has 0 saturated heterocycles. The molecule has 0 aliphatic carbocycles. The van der Waals surface area contributed by atoms with Crippen LogP contribution in [-0.2, 0) is 0 Å². The summed E-state index contributed by atoms with van der Waals surface area (Å²) in [6, 6.07) is 7.71. The molecule has 68 valence electrons. The van der Waals surface area contributed by atoms with E-state index in [1.807, 2.05) is 12.1 Å². The van der Waals surface area contributed by atoms with Crippen molar-refractivity contribution in [3.05, 3.63) is 23.8 Å². The summed E-state index contributed by atoms with van der Waals surface area (Å²) in [6.07, 6.45) is 0. The van der Waals surface area contributed by atoms with Crippen molar-refractivity contribution >= 4 is 11.8 Å². The third kappa shape index (κ3) is 2.40. The smallest absolute Gasteiger partial charge is 0.137 e. The summed E-state index contributed by atoms with van der Waals surface area (Å²) in [7, 11) is 1.58. The van der Waals surface area contributed by atoms with E-state index < -0.39 is 0 Å². The summed E-state index contributed by atoms with van der Waals surface area (Å²) in [5.41, 5.74) is 0.586. The number of benzene rings is 1. The summed E-state index contributed by atoms with van der Waals surface area (Å²) in [6.45, 7) is 2.09. The molecular weight excluding hydrogens is 182 g/mol. The van der Waals surface area contributed by atoms with Crippen LogP contribution >= 0.6 is 11.8 Å². The number of rotatable bonds is 3. The minimum absolute atomic E-state index is 0.586. The minimum Gasteiger partial charge on any atom is -0.495 e. The SMILES string of the molecule is CCSc1ccc(C#N)c(OC)c1. The van der Waals surface area contributed by atoms with Gasteiger partial charge in [-0.2, -0.15) is 5.26 Å². The molecule has 1 rings (SSSR count). The van der Waals surface area contributed by atoms with Crippen LogP contribution in [0.5, 0.6) is 5.75 Å². The molecule has 0 aliphatic rings. The molecule has 0 amide bonds. The average molecular weight is 193 g/mol. The summed E-state index contributed by atoms with van der Waals surface area (Å²) in [4.78, 5) is 1.14. The number of hydrogen-bond donors (Lipinski definition) is 0. The Bertz CT molecular complexity index is 330. The Hall–Kier alpha value is -1.14. The van der Waals surface area contributed by atoms with Gasteiger partial charge in [0.25, 0.3) is 0 Å². The first-order valence-corrected chi connectivity index (χ1v) is 5.01. The Labute approximate surface area is 82.5 Å². The molecule has 0 atom stereocenters. The van der Waals surface area contributed by atoms with Crippen LogP contribution in [0.15, 0.2) is 23.1 Å². The highest BCUT2D eigenvalue weighted by Gasteiger charge is 2.02. The van der Waals surface area contributed by atoms with Crippen LogP contribution < -0.4 is 4.74 Å². The Balaban J connectivity index is 3.00. The van der Waals surface area contributed by atoms with Crippen molar-refractivity contribution in [2.24, 2.45) is 0 Å². The Kier molecular flexibility index (Phi) is 3.66. The molecule has 1 aromatic carbocycles. The number of methoxy groups -OCH3 is 1. The van der Waals surface area contributed by atoms with Crippen LogP contribution in [0.3, 0.4) is 0 Å². The van der Waals surface area contributed by atoms with Gasteiger partial charge in [0, 0.05) is 4.90 Å². The summed E-state index contributed by atoms with van der Waals surface area (Å²) in [5.74, 6) is 1.68. The van der Waals surface area contributed by atoms with Gasteiger partial charge in [-0.25, -0.2) is 0 Å². The second-order valence-electron chi connectivity index (χ2n) is 2.41. The lowest BCUT2D eigenvalue weighted by atomic mass is 10.2. The summed E-state index contributed by atoms with van der Waals surface area (Å²) >= 11 is 1.73. The van der Waals surface area contributed by atoms with Gasteiger partial charge in [0.1, 0.15) is 11.8 Å². The van der Waals surface area contributed by atoms with Crippen LogP contribution in [0.4, 0.5) is 0 Å². The lowest BCUT2D eigenvalue weighted by Gasteiger charge is -2.04. The zero-order valence-electron chi connectivity index (χ0n) is 7.70. The molecule has 0 unspecified atom stereocenters. The van der Waals surface area contributed by atoms with Crippen molar-refractivity contribution in [2.75, 3.05) is 12.9 Å². The molecule has 0 spiro atoms. The highest BCUT2D eigenvalue weighted by atomic mass is 32.2. The minimum atomic E-state index is 0.586. The van der Waals surface area contributed by atoms with Gasteiger partial charge < -0.3 is 4.74 Å². The molecule has 1 aromatic rings. The largest absolute Gasteiger partial charge is 0.495 e. The molecule has 0 heterocycles. The molecule has 0 bridgehead atoms. The summed E-state index contributed by atoms with van der Waals surface area (Å²) in [5, 5.41) is 8.73. The first-order chi connectivity index (χ1) is 6.31. The third-order valence-electron chi connectivity index (χ3n) is 1.60. The van der Waals surface area contributed by atoms with Gasteiger partial charge in [0.2, 0.25) is 0 Å². The van der Waals surface area contributed by atoms with Crippen molar-refractivity contribution in [3.8, 4) is 11.8 Å². The zero-order chi connectivity index (χ0) is 9.68. The number of nitriles is 1. The monoisotopic (exact) mass is 193 g/mol. The zero-order valence-corrected chi connectivity index (χ0v) is 8.52. The molecule has 0 saturated carbocycles. The molecule has 0 radical (unpaired) electrons. The van der Waals surface area contributed by atoms with Crippen molar-refractivity contribution in [2.45, 2.75) is 11.8 Å². The van der Waals surface area contributed by atoms with E-state index in [-0.39, 0.29) is 0 Å². The van der Waals surface area contributed by atoms with Crippen molar-refractivity contribution in [1.29, 1.82) is 5.26 Å². The van der Waals surface area contributed by atoms with Crippen LogP contribution in [-0.4, -0.2) is 12.9 Å². The Morgan fingerprint density at radius 3 is 2.85 bits per heavy atom. The van der Waals surface area contributed by atoms with Gasteiger partial charge in [-0.3, -0.25) is 0 Å². The maximum Gasteiger partial charge on any atom is 0.137 e. The molecule has 3 heteroatoms. The number of ether oxygens (including phenoxy) is 1. The van der Waals surface area contributed by atoms with Crippen molar-refractivity contribution < 1.29 is 4.74 Å². The van der Waals surface area contributed by atoms with Crippen LogP contribution in [0.2, 0.25) is 0 Å². The quantitative estimate of drug-likeness (QED) is 0.692. The lowest BCUT2D eigenvalue weighted by molar-refractivity contribution is 0.412. The predicted molar refractivity (Wildman–Crippen MR) is 54.1 cm³/mol. The van der Waals surface area contributed by atoms with E-state index in [9.17, 15) is 0 Å². The van der Waals surface area contributed by atoms with Gasteiger partial charge in [-0.15, -0.1) is 11.8 Å². The normalized spacial score (nSPS) is 9.31. The van der Waals surface area contributed by atoms with Crippen LogP contribution in [0.25, 0.3) is 0 Å². The number of thioether (sulfide) groups is 1. The fraction of sp³-hybridized carbons (Fsp3) is 0.300. The lowest BCUT2D eigenvalue weighted by Crippen LogP contribution is -1.87. The topological polar surface area (TPSA) is 33.0 Å². The van der Waals surface area contributed by atoms with Gasteiger partial charge in [-0.1, -0.05) is 6.92 Å². The van der Waals surface area contributed by atoms with Crippen molar-refractivity contribution in [1.82, 2.24) is 0 Å². The Morgan fingerprint density at radius 1 is 1.54 bits per heavy atom. The van der Waals surface area contributed by atoms with E-state index in [0.717, 1.165) is 10.6 Å². The maximum absolute atomic E-state index is 8.73. The fourth-order valence-corrected chi connectivity index (χ4v) is 1.71. The molecule has 0 aromatic heterocycles. The van der Waals surface area contributed by atoms with Gasteiger partial charge >= 0.3 is 0 Å². The van der Waals surface area contributed by atoms with Gasteiger partial charge in [-0.05, 0) is 24.0 Å². The van der Waals surface area contributed by atoms with E-state index in [1.165, 1.54) is 0 Å². The van der Waals surface area contributed by atoms with Crippen molar-refractivity contribution in [3.63, 3.8) is 0 Å². The fourth-order valence-electron chi connectivity index (χ4n) is 1.02. The molecule has 13 heavy (non-hydrogen) atoms. The molecular formula is C10H11NOS. The van der Waals surface area contributed by atoms with E-state index in [4.69, 9.17) is 10.00 Å². The molecule has 0 fully saturated rings. The van der Waals surface area contributed by atoms with Crippen LogP contribution in [0.1, 0.15) is 12.5 Å². The van der Waals surface area contributed by atoms with E-state index in [0.29, 0.717) is 11.3 Å². The molecule has 0 aliphatic heterocycles. The average Bonchev–Trinajstić information content (AvgIpc) is 2.18. The van der Waals surface area contributed by atoms with E-state index >= 15 is 0 Å². The highest BCUT2D eigenvalue weighted by Crippen LogP contribution is 2.25. The molecule has 0 N–H and O–H groups in total. The second-order valence-corrected chi connectivity index (χ2v) is 3.74. The summed E-state index contributed by atoms with van der Waals surface area (Å²) < 4.78 is 5.09. The standard InChI is InChI=1S/C10H11NOS/c1-3-13-9-5-4-8(7-11)10(6-9)12-2/h4-6H,3H2,1-2H3. The van der Waals surface area contributed by atoms with Gasteiger partial charge in [0.15, 0.2) is 0 Å². The second kappa shape index (κ2) is 4.78. The van der Waals surface area contributed by atoms with Gasteiger partial charge in [0.05, 0.1) is 12.7 Å². The maximum atomic E-state index is 8.73. The number of nitrogens with zero attached hydrogens (tertiary/aromatic N) is 1. The third-order valence-corrected chi connectivity index (χ3v) is 2.48. The first kappa shape index (κ1) is 9.94.